The number of carbonyl (C=O) groups excluding carboxylic acids is 1. The zero-order chi connectivity index (χ0) is 17.4. The summed E-state index contributed by atoms with van der Waals surface area (Å²) < 4.78 is 5.19. The molecule has 3 nitrogen and oxygen atoms in total. The van der Waals surface area contributed by atoms with Gasteiger partial charge in [-0.2, -0.15) is 0 Å². The summed E-state index contributed by atoms with van der Waals surface area (Å²) in [4.78, 5) is 14.5. The van der Waals surface area contributed by atoms with Crippen molar-refractivity contribution < 1.29 is 9.53 Å². The van der Waals surface area contributed by atoms with Crippen LogP contribution < -0.4 is 4.74 Å². The maximum absolute atomic E-state index is 12.6. The van der Waals surface area contributed by atoms with Crippen molar-refractivity contribution in [3.05, 3.63) is 91.0 Å². The Balaban J connectivity index is 2.30. The second kappa shape index (κ2) is 8.73. The van der Waals surface area contributed by atoms with Crippen molar-refractivity contribution in [3.8, 4) is 5.75 Å². The van der Waals surface area contributed by atoms with Crippen LogP contribution in [0.2, 0.25) is 0 Å². The number of hydrogen-bond donors (Lipinski definition) is 0. The molecule has 124 valence electrons. The number of methoxy groups -OCH3 is 1. The summed E-state index contributed by atoms with van der Waals surface area (Å²) in [5.41, 5.74) is 2.08. The van der Waals surface area contributed by atoms with Gasteiger partial charge in [0, 0.05) is 13.0 Å². The van der Waals surface area contributed by atoms with E-state index >= 15 is 0 Å². The zero-order valence-electron chi connectivity index (χ0n) is 14.0. The smallest absolute Gasteiger partial charge is 0.227 e. The maximum atomic E-state index is 12.6. The summed E-state index contributed by atoms with van der Waals surface area (Å²) in [6, 6.07) is 17.5. The molecule has 1 atom stereocenters. The third-order valence-electron chi connectivity index (χ3n) is 3.85. The van der Waals surface area contributed by atoms with Gasteiger partial charge in [-0.3, -0.25) is 4.79 Å². The van der Waals surface area contributed by atoms with E-state index in [2.05, 4.69) is 13.2 Å². The first kappa shape index (κ1) is 17.5. The van der Waals surface area contributed by atoms with Crippen LogP contribution in [0, 0.1) is 0 Å². The first-order valence-electron chi connectivity index (χ1n) is 7.90. The molecule has 0 saturated carbocycles. The fraction of sp³-hybridized carbons (Fsp3) is 0.190. The number of rotatable bonds is 8. The van der Waals surface area contributed by atoms with E-state index in [1.54, 1.807) is 19.3 Å². The molecule has 0 aromatic heterocycles. The van der Waals surface area contributed by atoms with Crippen LogP contribution in [0.25, 0.3) is 0 Å². The standard InChI is InChI=1S/C21H23NO2/c1-4-9-21(23)22(16-17-12-14-19(24-3)15-13-17)20(5-2)18-10-7-6-8-11-18/h4-8,10-15,20H,1-2,9,16H2,3H3/t20-/m1/s1. The van der Waals surface area contributed by atoms with Gasteiger partial charge in [0.15, 0.2) is 0 Å². The highest BCUT2D eigenvalue weighted by molar-refractivity contribution is 5.78. The lowest BCUT2D eigenvalue weighted by atomic mass is 10.0. The molecule has 0 aliphatic rings. The molecule has 2 aromatic rings. The molecule has 0 saturated heterocycles. The van der Waals surface area contributed by atoms with Crippen LogP contribution in [-0.2, 0) is 11.3 Å². The molecule has 0 aliphatic heterocycles. The molecule has 0 heterocycles. The topological polar surface area (TPSA) is 29.5 Å². The number of benzene rings is 2. The minimum absolute atomic E-state index is 0.0228. The second-order valence-electron chi connectivity index (χ2n) is 5.45. The van der Waals surface area contributed by atoms with E-state index in [-0.39, 0.29) is 11.9 Å². The molecule has 0 radical (unpaired) electrons. The van der Waals surface area contributed by atoms with Gasteiger partial charge in [0.2, 0.25) is 5.91 Å². The van der Waals surface area contributed by atoms with E-state index in [1.807, 2.05) is 59.5 Å². The number of amides is 1. The van der Waals surface area contributed by atoms with Gasteiger partial charge in [0.25, 0.3) is 0 Å². The lowest BCUT2D eigenvalue weighted by molar-refractivity contribution is -0.132. The summed E-state index contributed by atoms with van der Waals surface area (Å²) in [6.45, 7) is 8.11. The van der Waals surface area contributed by atoms with Gasteiger partial charge in [0.05, 0.1) is 13.2 Å². The first-order valence-corrected chi connectivity index (χ1v) is 7.90. The van der Waals surface area contributed by atoms with Crippen LogP contribution in [0.4, 0.5) is 0 Å². The Morgan fingerprint density at radius 2 is 1.79 bits per heavy atom. The number of nitrogens with zero attached hydrogens (tertiary/aromatic N) is 1. The quantitative estimate of drug-likeness (QED) is 0.669. The van der Waals surface area contributed by atoms with Crippen molar-refractivity contribution in [3.63, 3.8) is 0 Å². The fourth-order valence-corrected chi connectivity index (χ4v) is 2.60. The molecule has 0 bridgehead atoms. The maximum Gasteiger partial charge on any atom is 0.227 e. The van der Waals surface area contributed by atoms with Crippen LogP contribution >= 0.6 is 0 Å². The Bertz CT molecular complexity index is 677. The third kappa shape index (κ3) is 4.35. The molecule has 0 aliphatic carbocycles. The number of ether oxygens (including phenoxy) is 1. The summed E-state index contributed by atoms with van der Waals surface area (Å²) in [7, 11) is 1.64. The van der Waals surface area contributed by atoms with Gasteiger partial charge in [-0.05, 0) is 23.3 Å². The van der Waals surface area contributed by atoms with Crippen molar-refractivity contribution >= 4 is 5.91 Å². The highest BCUT2D eigenvalue weighted by atomic mass is 16.5. The fourth-order valence-electron chi connectivity index (χ4n) is 2.60. The normalized spacial score (nSPS) is 11.4. The highest BCUT2D eigenvalue weighted by Gasteiger charge is 2.22. The van der Waals surface area contributed by atoms with Crippen LogP contribution in [-0.4, -0.2) is 17.9 Å². The average Bonchev–Trinajstić information content (AvgIpc) is 2.63. The van der Waals surface area contributed by atoms with Crippen LogP contribution in [0.1, 0.15) is 23.6 Å². The lowest BCUT2D eigenvalue weighted by Gasteiger charge is -2.30. The molecule has 1 amide bonds. The van der Waals surface area contributed by atoms with Crippen LogP contribution in [0.5, 0.6) is 5.75 Å². The van der Waals surface area contributed by atoms with E-state index in [1.165, 1.54) is 0 Å². The van der Waals surface area contributed by atoms with E-state index in [0.29, 0.717) is 13.0 Å². The molecule has 0 spiro atoms. The Morgan fingerprint density at radius 3 is 2.33 bits per heavy atom. The molecule has 0 fully saturated rings. The van der Waals surface area contributed by atoms with Gasteiger partial charge in [0.1, 0.15) is 5.75 Å². The van der Waals surface area contributed by atoms with E-state index in [0.717, 1.165) is 16.9 Å². The monoisotopic (exact) mass is 321 g/mol. The molecular weight excluding hydrogens is 298 g/mol. The Morgan fingerprint density at radius 1 is 1.12 bits per heavy atom. The predicted octanol–water partition coefficient (Wildman–Crippen LogP) is 4.53. The molecule has 2 aromatic carbocycles. The van der Waals surface area contributed by atoms with Crippen molar-refractivity contribution in [1.82, 2.24) is 4.90 Å². The lowest BCUT2D eigenvalue weighted by Crippen LogP contribution is -2.33. The summed E-state index contributed by atoms with van der Waals surface area (Å²) in [5, 5.41) is 0. The van der Waals surface area contributed by atoms with Crippen molar-refractivity contribution in [1.29, 1.82) is 0 Å². The Labute approximate surface area is 143 Å². The largest absolute Gasteiger partial charge is 0.497 e. The van der Waals surface area contributed by atoms with E-state index in [9.17, 15) is 4.79 Å². The highest BCUT2D eigenvalue weighted by Crippen LogP contribution is 2.25. The second-order valence-corrected chi connectivity index (χ2v) is 5.45. The van der Waals surface area contributed by atoms with Gasteiger partial charge in [-0.25, -0.2) is 0 Å². The van der Waals surface area contributed by atoms with Crippen LogP contribution in [0.3, 0.4) is 0 Å². The van der Waals surface area contributed by atoms with E-state index in [4.69, 9.17) is 4.74 Å². The molecule has 2 rings (SSSR count). The molecule has 3 heteroatoms. The zero-order valence-corrected chi connectivity index (χ0v) is 14.0. The average molecular weight is 321 g/mol. The first-order chi connectivity index (χ1) is 11.7. The van der Waals surface area contributed by atoms with Crippen molar-refractivity contribution in [2.24, 2.45) is 0 Å². The summed E-state index contributed by atoms with van der Waals surface area (Å²) >= 11 is 0. The van der Waals surface area contributed by atoms with Crippen LogP contribution in [0.15, 0.2) is 79.9 Å². The molecular formula is C21H23NO2. The van der Waals surface area contributed by atoms with Gasteiger partial charge in [-0.15, -0.1) is 13.2 Å². The summed E-state index contributed by atoms with van der Waals surface area (Å²) in [6.07, 6.45) is 3.74. The molecule has 0 unspecified atom stereocenters. The number of carbonyl (C=O) groups is 1. The minimum Gasteiger partial charge on any atom is -0.497 e. The summed E-state index contributed by atoms with van der Waals surface area (Å²) in [5.74, 6) is 0.820. The van der Waals surface area contributed by atoms with Crippen molar-refractivity contribution in [2.45, 2.75) is 19.0 Å². The van der Waals surface area contributed by atoms with E-state index < -0.39 is 0 Å². The molecule has 0 N–H and O–H groups in total. The number of hydrogen-bond acceptors (Lipinski definition) is 2. The minimum atomic E-state index is -0.180. The van der Waals surface area contributed by atoms with Gasteiger partial charge < -0.3 is 9.64 Å². The Kier molecular flexibility index (Phi) is 6.38. The molecule has 24 heavy (non-hydrogen) atoms. The van der Waals surface area contributed by atoms with Gasteiger partial charge >= 0.3 is 0 Å². The SMILES string of the molecule is C=CCC(=O)N(Cc1ccc(OC)cc1)[C@H](C=C)c1ccccc1. The van der Waals surface area contributed by atoms with Gasteiger partial charge in [-0.1, -0.05) is 54.6 Å². The Hall–Kier alpha value is -2.81. The third-order valence-corrected chi connectivity index (χ3v) is 3.85. The van der Waals surface area contributed by atoms with Crippen molar-refractivity contribution in [2.75, 3.05) is 7.11 Å². The predicted molar refractivity (Wildman–Crippen MR) is 97.7 cm³/mol.